The summed E-state index contributed by atoms with van der Waals surface area (Å²) < 4.78 is 0. The molecule has 0 aliphatic heterocycles. The number of nitrogens with two attached hydrogens (primary N) is 1. The lowest BCUT2D eigenvalue weighted by molar-refractivity contribution is 1.17. The van der Waals surface area contributed by atoms with Gasteiger partial charge in [-0.05, 0) is 13.6 Å². The molecule has 29 heavy (non-hydrogen) atoms. The van der Waals surface area contributed by atoms with Crippen LogP contribution in [0.15, 0.2) is 9.98 Å². The second kappa shape index (κ2) is 7.32. The molecule has 2 N–H and O–H groups in total. The van der Waals surface area contributed by atoms with Crippen molar-refractivity contribution in [2.75, 3.05) is 5.73 Å². The molecule has 136 valence electrons. The van der Waals surface area contributed by atoms with Gasteiger partial charge in [-0.25, -0.2) is 24.9 Å². The minimum Gasteiger partial charge on any atom is -0.382 e. The normalized spacial score (nSPS) is 10.7. The first kappa shape index (κ1) is 18.8. The summed E-state index contributed by atoms with van der Waals surface area (Å²) in [5.41, 5.74) is 6.55. The fraction of sp³-hybridized carbons (Fsp3) is 0.111. The maximum absolute atomic E-state index is 9.28. The van der Waals surface area contributed by atoms with Crippen LogP contribution < -0.4 is 5.73 Å². The standard InChI is InChI=1S/C18H9N11/c1-8-18(23)29-17-15(25-8)13(26-9(5-20)3-4-19)12(24-2)14-16(17)28-11(7-22)10(6-21)27-14/h2-3H2,1H3,(H2,23,29). The van der Waals surface area contributed by atoms with Crippen LogP contribution in [0.2, 0.25) is 0 Å². The van der Waals surface area contributed by atoms with E-state index in [9.17, 15) is 15.8 Å². The van der Waals surface area contributed by atoms with Gasteiger partial charge < -0.3 is 5.73 Å². The molecule has 2 heterocycles. The molecule has 11 nitrogen and oxygen atoms in total. The van der Waals surface area contributed by atoms with Crippen LogP contribution in [-0.2, 0) is 0 Å². The van der Waals surface area contributed by atoms with Gasteiger partial charge in [0.2, 0.25) is 0 Å². The van der Waals surface area contributed by atoms with E-state index in [1.807, 2.05) is 18.2 Å². The fourth-order valence-electron chi connectivity index (χ4n) is 2.58. The molecule has 0 amide bonds. The molecule has 0 aliphatic rings. The average Bonchev–Trinajstić information content (AvgIpc) is 2.73. The van der Waals surface area contributed by atoms with Crippen molar-refractivity contribution in [1.29, 1.82) is 21.0 Å². The van der Waals surface area contributed by atoms with Crippen LogP contribution in [-0.4, -0.2) is 32.4 Å². The molecule has 0 unspecified atom stereocenters. The number of nitriles is 4. The fourth-order valence-corrected chi connectivity index (χ4v) is 2.58. The Balaban J connectivity index is 2.65. The lowest BCUT2D eigenvalue weighted by Crippen LogP contribution is -2.03. The highest BCUT2D eigenvalue weighted by Gasteiger charge is 2.22. The first-order valence-corrected chi connectivity index (χ1v) is 7.92. The van der Waals surface area contributed by atoms with Gasteiger partial charge in [-0.1, -0.05) is 0 Å². The third-order valence-corrected chi connectivity index (χ3v) is 3.89. The maximum Gasteiger partial charge on any atom is 0.177 e. The van der Waals surface area contributed by atoms with E-state index in [0.717, 1.165) is 0 Å². The second-order valence-electron chi connectivity index (χ2n) is 5.59. The summed E-state index contributed by atoms with van der Waals surface area (Å²) in [5.74, 6) is 0.121. The number of aromatic nitrogens is 4. The molecule has 3 aromatic rings. The van der Waals surface area contributed by atoms with Crippen molar-refractivity contribution >= 4 is 51.7 Å². The van der Waals surface area contributed by atoms with Gasteiger partial charge in [0, 0.05) is 0 Å². The third-order valence-electron chi connectivity index (χ3n) is 3.89. The van der Waals surface area contributed by atoms with Crippen molar-refractivity contribution in [2.45, 2.75) is 13.3 Å². The van der Waals surface area contributed by atoms with Crippen molar-refractivity contribution in [3.8, 4) is 24.3 Å². The summed E-state index contributed by atoms with van der Waals surface area (Å²) in [4.78, 5) is 25.2. The average molecular weight is 379 g/mol. The van der Waals surface area contributed by atoms with Crippen LogP contribution in [0.1, 0.15) is 23.5 Å². The Kier molecular flexibility index (Phi) is 4.74. The third kappa shape index (κ3) is 3.02. The minimum absolute atomic E-state index is 0.0866. The summed E-state index contributed by atoms with van der Waals surface area (Å²) in [7, 11) is 0. The van der Waals surface area contributed by atoms with E-state index in [0.29, 0.717) is 5.69 Å². The molecule has 2 aromatic heterocycles. The van der Waals surface area contributed by atoms with Gasteiger partial charge >= 0.3 is 0 Å². The summed E-state index contributed by atoms with van der Waals surface area (Å²) in [6.45, 7) is 5.14. The Hall–Kier alpha value is -5.00. The highest BCUT2D eigenvalue weighted by molar-refractivity contribution is 6.15. The molecular weight excluding hydrogens is 370 g/mol. The van der Waals surface area contributed by atoms with E-state index < -0.39 is 0 Å². The van der Waals surface area contributed by atoms with Gasteiger partial charge in [-0.2, -0.15) is 21.0 Å². The van der Waals surface area contributed by atoms with Gasteiger partial charge in [0.1, 0.15) is 63.2 Å². The molecule has 0 spiro atoms. The molecule has 1 aromatic carbocycles. The van der Waals surface area contributed by atoms with Gasteiger partial charge in [0.15, 0.2) is 11.4 Å². The largest absolute Gasteiger partial charge is 0.382 e. The van der Waals surface area contributed by atoms with Gasteiger partial charge in [0.05, 0.1) is 18.2 Å². The Bertz CT molecular complexity index is 1410. The zero-order valence-electron chi connectivity index (χ0n) is 15.0. The van der Waals surface area contributed by atoms with Crippen LogP contribution >= 0.6 is 0 Å². The SMILES string of the molecule is C=Nc1c(N=C(C#N)CC#N)c2nc(C)c(N)nc2c2nc(C#N)c(C#N)nc12. The van der Waals surface area contributed by atoms with Crippen molar-refractivity contribution in [1.82, 2.24) is 19.9 Å². The molecule has 11 heteroatoms. The maximum atomic E-state index is 9.28. The van der Waals surface area contributed by atoms with Crippen molar-refractivity contribution in [3.63, 3.8) is 0 Å². The lowest BCUT2D eigenvalue weighted by atomic mass is 10.1. The monoisotopic (exact) mass is 379 g/mol. The first-order chi connectivity index (χ1) is 14.0. The quantitative estimate of drug-likeness (QED) is 0.522. The summed E-state index contributed by atoms with van der Waals surface area (Å²) in [5, 5.41) is 36.8. The van der Waals surface area contributed by atoms with E-state index in [-0.39, 0.29) is 62.8 Å². The molecule has 0 saturated heterocycles. The molecule has 0 bridgehead atoms. The predicted octanol–water partition coefficient (Wildman–Crippen LogP) is 2.05. The second-order valence-corrected chi connectivity index (χ2v) is 5.59. The van der Waals surface area contributed by atoms with Crippen LogP contribution in [0.5, 0.6) is 0 Å². The van der Waals surface area contributed by atoms with Crippen molar-refractivity contribution in [2.24, 2.45) is 9.98 Å². The van der Waals surface area contributed by atoms with E-state index in [1.165, 1.54) is 0 Å². The molecule has 0 fully saturated rings. The summed E-state index contributed by atoms with van der Waals surface area (Å²) >= 11 is 0. The molecule has 0 radical (unpaired) electrons. The molecule has 0 aliphatic carbocycles. The summed E-state index contributed by atoms with van der Waals surface area (Å²) in [6, 6.07) is 7.31. The Morgan fingerprint density at radius 1 is 0.931 bits per heavy atom. The zero-order valence-corrected chi connectivity index (χ0v) is 15.0. The molecular formula is C18H9N11. The highest BCUT2D eigenvalue weighted by atomic mass is 15.0. The summed E-state index contributed by atoms with van der Waals surface area (Å²) in [6.07, 6.45) is -0.240. The first-order valence-electron chi connectivity index (χ1n) is 7.92. The molecule has 3 rings (SSSR count). The Labute approximate surface area is 163 Å². The van der Waals surface area contributed by atoms with E-state index >= 15 is 0 Å². The minimum atomic E-state index is -0.240. The number of nitrogen functional groups attached to an aromatic ring is 1. The number of aliphatic imine (C=N–C) groups is 2. The molecule has 0 atom stereocenters. The van der Waals surface area contributed by atoms with Crippen LogP contribution in [0.4, 0.5) is 17.2 Å². The smallest absolute Gasteiger partial charge is 0.177 e. The van der Waals surface area contributed by atoms with Gasteiger partial charge in [-0.3, -0.25) is 4.99 Å². The number of hydrogen-bond acceptors (Lipinski definition) is 11. The Morgan fingerprint density at radius 3 is 2.07 bits per heavy atom. The lowest BCUT2D eigenvalue weighted by Gasteiger charge is -2.11. The Morgan fingerprint density at radius 2 is 1.52 bits per heavy atom. The van der Waals surface area contributed by atoms with E-state index in [1.54, 1.807) is 13.0 Å². The van der Waals surface area contributed by atoms with Crippen molar-refractivity contribution < 1.29 is 0 Å². The van der Waals surface area contributed by atoms with Crippen molar-refractivity contribution in [3.05, 3.63) is 17.1 Å². The zero-order chi connectivity index (χ0) is 21.1. The van der Waals surface area contributed by atoms with Crippen LogP contribution in [0.25, 0.3) is 22.1 Å². The highest BCUT2D eigenvalue weighted by Crippen LogP contribution is 2.41. The van der Waals surface area contributed by atoms with E-state index in [4.69, 9.17) is 11.0 Å². The van der Waals surface area contributed by atoms with E-state index in [2.05, 4.69) is 36.6 Å². The number of fused-ring (bicyclic) bond motifs is 3. The number of rotatable bonds is 3. The number of aryl methyl sites for hydroxylation is 1. The number of hydrogen-bond donors (Lipinski definition) is 1. The van der Waals surface area contributed by atoms with Crippen LogP contribution in [0.3, 0.4) is 0 Å². The number of anilines is 1. The van der Waals surface area contributed by atoms with Gasteiger partial charge in [0.25, 0.3) is 0 Å². The molecule has 0 saturated carbocycles. The number of nitrogens with zero attached hydrogens (tertiary/aromatic N) is 10. The topological polar surface area (TPSA) is 197 Å². The number of benzene rings is 1. The van der Waals surface area contributed by atoms with Crippen LogP contribution in [0, 0.1) is 52.2 Å². The van der Waals surface area contributed by atoms with Gasteiger partial charge in [-0.15, -0.1) is 0 Å². The predicted molar refractivity (Wildman–Crippen MR) is 103 cm³/mol.